The monoisotopic (exact) mass is 313 g/mol. The van der Waals surface area contributed by atoms with Crippen LogP contribution in [0.25, 0.3) is 0 Å². The molecular weight excluding hydrogens is 290 g/mol. The number of sulfonamides is 1. The van der Waals surface area contributed by atoms with E-state index < -0.39 is 10.0 Å². The number of hydrogen-bond donors (Lipinski definition) is 2. The maximum atomic E-state index is 12.4. The van der Waals surface area contributed by atoms with Crippen LogP contribution in [0, 0.1) is 5.92 Å². The zero-order valence-electron chi connectivity index (χ0n) is 12.3. The van der Waals surface area contributed by atoms with E-state index in [0.717, 1.165) is 19.3 Å². The first-order valence-corrected chi connectivity index (χ1v) is 8.87. The van der Waals surface area contributed by atoms with Crippen molar-refractivity contribution in [1.82, 2.24) is 4.72 Å². The van der Waals surface area contributed by atoms with E-state index in [9.17, 15) is 8.42 Å². The quantitative estimate of drug-likeness (QED) is 0.841. The summed E-state index contributed by atoms with van der Waals surface area (Å²) in [5.74, 6) is 0.926. The lowest BCUT2D eigenvalue weighted by Gasteiger charge is -2.29. The molecule has 0 spiro atoms. The van der Waals surface area contributed by atoms with Gasteiger partial charge in [-0.1, -0.05) is 19.8 Å². The molecule has 1 aliphatic rings. The number of ether oxygens (including phenoxy) is 1. The van der Waals surface area contributed by atoms with Crippen LogP contribution in [-0.2, 0) is 10.0 Å². The van der Waals surface area contributed by atoms with Crippen LogP contribution in [0.15, 0.2) is 29.2 Å². The average Bonchev–Trinajstić information content (AvgIpc) is 2.48. The van der Waals surface area contributed by atoms with Gasteiger partial charge in [0.15, 0.2) is 0 Å². The maximum absolute atomic E-state index is 12.4. The molecule has 118 valence electrons. The summed E-state index contributed by atoms with van der Waals surface area (Å²) in [5.41, 5.74) is 0. The van der Waals surface area contributed by atoms with Crippen molar-refractivity contribution in [3.05, 3.63) is 24.3 Å². The molecule has 1 aromatic carbocycles. The summed E-state index contributed by atoms with van der Waals surface area (Å²) in [7, 11) is -3.49. The van der Waals surface area contributed by atoms with Gasteiger partial charge in [-0.25, -0.2) is 13.1 Å². The Morgan fingerprint density at radius 3 is 2.52 bits per heavy atom. The number of nitrogens with one attached hydrogen (secondary N) is 1. The van der Waals surface area contributed by atoms with Gasteiger partial charge in [0.2, 0.25) is 10.0 Å². The van der Waals surface area contributed by atoms with E-state index in [4.69, 9.17) is 9.84 Å². The molecule has 0 radical (unpaired) electrons. The third-order valence-corrected chi connectivity index (χ3v) is 5.42. The lowest BCUT2D eigenvalue weighted by Crippen LogP contribution is -2.40. The lowest BCUT2D eigenvalue weighted by molar-refractivity contribution is 0.201. The lowest BCUT2D eigenvalue weighted by atomic mass is 9.87. The van der Waals surface area contributed by atoms with Gasteiger partial charge >= 0.3 is 0 Å². The number of benzene rings is 1. The summed E-state index contributed by atoms with van der Waals surface area (Å²) < 4.78 is 32.8. The minimum absolute atomic E-state index is 0.0223. The van der Waals surface area contributed by atoms with Gasteiger partial charge in [-0.15, -0.1) is 0 Å². The van der Waals surface area contributed by atoms with Gasteiger partial charge in [-0.05, 0) is 43.0 Å². The van der Waals surface area contributed by atoms with Crippen LogP contribution in [0.2, 0.25) is 0 Å². The Labute approximate surface area is 126 Å². The average molecular weight is 313 g/mol. The van der Waals surface area contributed by atoms with Crippen molar-refractivity contribution in [1.29, 1.82) is 0 Å². The molecule has 0 bridgehead atoms. The van der Waals surface area contributed by atoms with E-state index in [1.807, 2.05) is 0 Å². The molecule has 2 unspecified atom stereocenters. The SMILES string of the molecule is CC1CCCCC1NS(=O)(=O)c1ccc(OCCO)cc1. The molecule has 1 fully saturated rings. The first kappa shape index (κ1) is 16.3. The Morgan fingerprint density at radius 2 is 1.90 bits per heavy atom. The summed E-state index contributed by atoms with van der Waals surface area (Å²) in [6, 6.07) is 6.29. The van der Waals surface area contributed by atoms with E-state index >= 15 is 0 Å². The van der Waals surface area contributed by atoms with Crippen molar-refractivity contribution in [2.75, 3.05) is 13.2 Å². The van der Waals surface area contributed by atoms with Crippen LogP contribution < -0.4 is 9.46 Å². The van der Waals surface area contributed by atoms with Crippen LogP contribution in [0.5, 0.6) is 5.75 Å². The number of aliphatic hydroxyl groups excluding tert-OH is 1. The highest BCUT2D eigenvalue weighted by Gasteiger charge is 2.26. The molecule has 0 amide bonds. The molecule has 0 heterocycles. The molecule has 21 heavy (non-hydrogen) atoms. The van der Waals surface area contributed by atoms with E-state index in [1.54, 1.807) is 12.1 Å². The van der Waals surface area contributed by atoms with Crippen LogP contribution in [0.4, 0.5) is 0 Å². The Bertz CT molecular complexity index is 541. The van der Waals surface area contributed by atoms with Crippen LogP contribution in [-0.4, -0.2) is 32.8 Å². The molecule has 2 rings (SSSR count). The second-order valence-electron chi connectivity index (χ2n) is 5.53. The van der Waals surface area contributed by atoms with Crippen LogP contribution in [0.1, 0.15) is 32.6 Å². The molecule has 2 N–H and O–H groups in total. The predicted octanol–water partition coefficient (Wildman–Crippen LogP) is 1.91. The van der Waals surface area contributed by atoms with Crippen molar-refractivity contribution < 1.29 is 18.3 Å². The van der Waals surface area contributed by atoms with Crippen molar-refractivity contribution in [3.63, 3.8) is 0 Å². The molecule has 5 nitrogen and oxygen atoms in total. The van der Waals surface area contributed by atoms with Crippen LogP contribution in [0.3, 0.4) is 0 Å². The van der Waals surface area contributed by atoms with E-state index in [1.165, 1.54) is 18.6 Å². The predicted molar refractivity (Wildman–Crippen MR) is 80.8 cm³/mol. The van der Waals surface area contributed by atoms with E-state index in [2.05, 4.69) is 11.6 Å². The molecular formula is C15H23NO4S. The fraction of sp³-hybridized carbons (Fsp3) is 0.600. The fourth-order valence-corrected chi connectivity index (χ4v) is 4.02. The number of hydrogen-bond acceptors (Lipinski definition) is 4. The molecule has 6 heteroatoms. The maximum Gasteiger partial charge on any atom is 0.240 e. The zero-order chi connectivity index (χ0) is 15.3. The van der Waals surface area contributed by atoms with Crippen molar-refractivity contribution in [2.24, 2.45) is 5.92 Å². The van der Waals surface area contributed by atoms with Crippen molar-refractivity contribution >= 4 is 10.0 Å². The summed E-state index contributed by atoms with van der Waals surface area (Å²) in [4.78, 5) is 0.247. The highest BCUT2D eigenvalue weighted by atomic mass is 32.2. The summed E-state index contributed by atoms with van der Waals surface area (Å²) >= 11 is 0. The Morgan fingerprint density at radius 1 is 1.24 bits per heavy atom. The number of aliphatic hydroxyl groups is 1. The van der Waals surface area contributed by atoms with Gasteiger partial charge in [0, 0.05) is 6.04 Å². The summed E-state index contributed by atoms with van der Waals surface area (Å²) in [5, 5.41) is 8.69. The normalized spacial score (nSPS) is 23.0. The van der Waals surface area contributed by atoms with Gasteiger partial charge in [0.05, 0.1) is 11.5 Å². The fourth-order valence-electron chi connectivity index (χ4n) is 2.64. The minimum Gasteiger partial charge on any atom is -0.491 e. The highest BCUT2D eigenvalue weighted by molar-refractivity contribution is 7.89. The first-order chi connectivity index (χ1) is 10.0. The van der Waals surface area contributed by atoms with E-state index in [-0.39, 0.29) is 24.2 Å². The topological polar surface area (TPSA) is 75.6 Å². The molecule has 1 aromatic rings. The van der Waals surface area contributed by atoms with Gasteiger partial charge in [0.1, 0.15) is 12.4 Å². The molecule has 0 aliphatic heterocycles. The molecule has 2 atom stereocenters. The first-order valence-electron chi connectivity index (χ1n) is 7.39. The highest BCUT2D eigenvalue weighted by Crippen LogP contribution is 2.25. The zero-order valence-corrected chi connectivity index (χ0v) is 13.1. The Balaban J connectivity index is 2.04. The Hall–Kier alpha value is -1.11. The molecule has 1 saturated carbocycles. The van der Waals surface area contributed by atoms with Gasteiger partial charge in [0.25, 0.3) is 0 Å². The number of rotatable bonds is 6. The molecule has 0 saturated heterocycles. The van der Waals surface area contributed by atoms with Gasteiger partial charge < -0.3 is 9.84 Å². The molecule has 0 aromatic heterocycles. The summed E-state index contributed by atoms with van der Waals surface area (Å²) in [6.45, 7) is 2.23. The minimum atomic E-state index is -3.49. The second kappa shape index (κ2) is 7.24. The third-order valence-electron chi connectivity index (χ3n) is 3.91. The van der Waals surface area contributed by atoms with E-state index in [0.29, 0.717) is 11.7 Å². The second-order valence-corrected chi connectivity index (χ2v) is 7.25. The van der Waals surface area contributed by atoms with Crippen molar-refractivity contribution in [2.45, 2.75) is 43.5 Å². The Kier molecular flexibility index (Phi) is 5.61. The molecule has 1 aliphatic carbocycles. The van der Waals surface area contributed by atoms with Gasteiger partial charge in [-0.2, -0.15) is 0 Å². The van der Waals surface area contributed by atoms with Crippen LogP contribution >= 0.6 is 0 Å². The third kappa shape index (κ3) is 4.43. The largest absolute Gasteiger partial charge is 0.491 e. The van der Waals surface area contributed by atoms with Crippen molar-refractivity contribution in [3.8, 4) is 5.75 Å². The summed E-state index contributed by atoms with van der Waals surface area (Å²) in [6.07, 6.45) is 4.22. The van der Waals surface area contributed by atoms with Gasteiger partial charge in [-0.3, -0.25) is 0 Å². The smallest absolute Gasteiger partial charge is 0.240 e. The standard InChI is InChI=1S/C15H23NO4S/c1-12-4-2-3-5-15(12)16-21(18,19)14-8-6-13(7-9-14)20-11-10-17/h6-9,12,15-17H,2-5,10-11H2,1H3.